The number of aromatic nitrogens is 3. The molecular formula is C23H22ClN5O3. The van der Waals surface area contributed by atoms with E-state index in [9.17, 15) is 9.59 Å². The van der Waals surface area contributed by atoms with E-state index in [1.54, 1.807) is 35.0 Å². The molecule has 0 aliphatic carbocycles. The Labute approximate surface area is 191 Å². The Morgan fingerprint density at radius 1 is 1.22 bits per heavy atom. The number of nitriles is 1. The highest BCUT2D eigenvalue weighted by Gasteiger charge is 2.27. The third kappa shape index (κ3) is 5.13. The van der Waals surface area contributed by atoms with Gasteiger partial charge in [0.1, 0.15) is 0 Å². The Bertz CT molecular complexity index is 1170. The van der Waals surface area contributed by atoms with E-state index in [2.05, 4.69) is 10.1 Å². The molecule has 0 aliphatic rings. The fourth-order valence-corrected chi connectivity index (χ4v) is 3.36. The number of para-hydroxylation sites is 1. The molecule has 32 heavy (non-hydrogen) atoms. The molecule has 164 valence electrons. The molecular weight excluding hydrogens is 430 g/mol. The number of aryl methyl sites for hydroxylation is 2. The molecule has 0 fully saturated rings. The summed E-state index contributed by atoms with van der Waals surface area (Å²) in [5, 5.41) is 13.4. The molecule has 2 aromatic heterocycles. The fraction of sp³-hybridized carbons (Fsp3) is 0.261. The van der Waals surface area contributed by atoms with E-state index in [0.29, 0.717) is 11.5 Å². The van der Waals surface area contributed by atoms with E-state index in [4.69, 9.17) is 21.6 Å². The summed E-state index contributed by atoms with van der Waals surface area (Å²) in [6, 6.07) is 16.0. The van der Waals surface area contributed by atoms with Gasteiger partial charge in [-0.2, -0.15) is 10.4 Å². The third-order valence-corrected chi connectivity index (χ3v) is 4.97. The van der Waals surface area contributed by atoms with Gasteiger partial charge in [0.05, 0.1) is 23.2 Å². The highest BCUT2D eigenvalue weighted by atomic mass is 35.5. The molecule has 0 bridgehead atoms. The number of rotatable bonds is 7. The van der Waals surface area contributed by atoms with Crippen molar-refractivity contribution >= 4 is 29.2 Å². The molecule has 8 nitrogen and oxygen atoms in total. The molecule has 0 saturated carbocycles. The lowest BCUT2D eigenvalue weighted by atomic mass is 10.2. The molecule has 2 heterocycles. The molecule has 0 spiro atoms. The van der Waals surface area contributed by atoms with Crippen molar-refractivity contribution in [2.75, 3.05) is 11.4 Å². The van der Waals surface area contributed by atoms with E-state index in [0.717, 1.165) is 11.4 Å². The van der Waals surface area contributed by atoms with Crippen LogP contribution in [0.1, 0.15) is 35.2 Å². The zero-order valence-corrected chi connectivity index (χ0v) is 18.7. The van der Waals surface area contributed by atoms with Crippen LogP contribution in [0.4, 0.5) is 5.69 Å². The van der Waals surface area contributed by atoms with Crippen molar-refractivity contribution in [2.24, 2.45) is 0 Å². The number of hydrogen-bond donors (Lipinski definition) is 0. The Morgan fingerprint density at radius 2 is 1.94 bits per heavy atom. The molecule has 1 aromatic carbocycles. The highest BCUT2D eigenvalue weighted by molar-refractivity contribution is 6.33. The van der Waals surface area contributed by atoms with Gasteiger partial charge in [0.25, 0.3) is 5.91 Å². The number of carbonyl (C=O) groups is 2. The van der Waals surface area contributed by atoms with Crippen molar-refractivity contribution in [3.05, 3.63) is 70.6 Å². The predicted molar refractivity (Wildman–Crippen MR) is 120 cm³/mol. The van der Waals surface area contributed by atoms with E-state index in [1.807, 2.05) is 32.0 Å². The Hall–Kier alpha value is -3.70. The van der Waals surface area contributed by atoms with Crippen LogP contribution in [0.15, 0.2) is 48.5 Å². The van der Waals surface area contributed by atoms with Gasteiger partial charge in [-0.25, -0.2) is 14.5 Å². The van der Waals surface area contributed by atoms with Gasteiger partial charge in [-0.05, 0) is 51.1 Å². The van der Waals surface area contributed by atoms with Crippen molar-refractivity contribution in [1.82, 2.24) is 14.8 Å². The maximum Gasteiger partial charge on any atom is 0.359 e. The lowest BCUT2D eigenvalue weighted by Gasteiger charge is -2.25. The monoisotopic (exact) mass is 451 g/mol. The number of benzene rings is 1. The zero-order chi connectivity index (χ0) is 23.3. The number of ether oxygens (including phenoxy) is 1. The molecule has 9 heteroatoms. The van der Waals surface area contributed by atoms with Crippen LogP contribution in [-0.4, -0.2) is 39.3 Å². The molecule has 1 atom stereocenters. The standard InChI is InChI=1S/C23H22ClN5O3/c1-15-14-16(2)29(27-15)20-11-10-19(24)21(26-20)23(31)32-17(3)22(30)28(13-7-12-25)18-8-5-4-6-9-18/h4-6,8-11,14,17H,7,13H2,1-3H3. The van der Waals surface area contributed by atoms with Crippen LogP contribution in [0.3, 0.4) is 0 Å². The minimum Gasteiger partial charge on any atom is -0.448 e. The van der Waals surface area contributed by atoms with E-state index >= 15 is 0 Å². The summed E-state index contributed by atoms with van der Waals surface area (Å²) >= 11 is 6.19. The van der Waals surface area contributed by atoms with Gasteiger partial charge in [0.2, 0.25) is 0 Å². The van der Waals surface area contributed by atoms with E-state index in [1.165, 1.54) is 17.9 Å². The van der Waals surface area contributed by atoms with Crippen LogP contribution in [-0.2, 0) is 9.53 Å². The first-order chi connectivity index (χ1) is 15.3. The normalized spacial score (nSPS) is 11.5. The second kappa shape index (κ2) is 10.1. The summed E-state index contributed by atoms with van der Waals surface area (Å²) in [4.78, 5) is 31.5. The maximum absolute atomic E-state index is 13.0. The van der Waals surface area contributed by atoms with Crippen LogP contribution in [0, 0.1) is 25.2 Å². The minimum atomic E-state index is -1.11. The van der Waals surface area contributed by atoms with Crippen LogP contribution >= 0.6 is 11.6 Å². The van der Waals surface area contributed by atoms with Gasteiger partial charge < -0.3 is 9.64 Å². The fourth-order valence-electron chi connectivity index (χ4n) is 3.18. The first-order valence-corrected chi connectivity index (χ1v) is 10.3. The molecule has 0 aliphatic heterocycles. The van der Waals surface area contributed by atoms with Crippen LogP contribution < -0.4 is 4.90 Å². The summed E-state index contributed by atoms with van der Waals surface area (Å²) in [7, 11) is 0. The molecule has 0 saturated heterocycles. The molecule has 0 N–H and O–H groups in total. The van der Waals surface area contributed by atoms with E-state index < -0.39 is 18.0 Å². The number of esters is 1. The van der Waals surface area contributed by atoms with Crippen LogP contribution in [0.5, 0.6) is 0 Å². The largest absolute Gasteiger partial charge is 0.448 e. The Morgan fingerprint density at radius 3 is 2.56 bits per heavy atom. The van der Waals surface area contributed by atoms with Gasteiger partial charge in [-0.3, -0.25) is 4.79 Å². The quantitative estimate of drug-likeness (QED) is 0.502. The summed E-state index contributed by atoms with van der Waals surface area (Å²) in [6.07, 6.45) is -0.976. The SMILES string of the molecule is Cc1cc(C)n(-c2ccc(Cl)c(C(=O)OC(C)C(=O)N(CCC#N)c3ccccc3)n2)n1. The Kier molecular flexibility index (Phi) is 7.23. The molecule has 1 unspecified atom stereocenters. The Balaban J connectivity index is 1.81. The van der Waals surface area contributed by atoms with Crippen molar-refractivity contribution in [3.8, 4) is 11.9 Å². The summed E-state index contributed by atoms with van der Waals surface area (Å²) in [6.45, 7) is 5.37. The van der Waals surface area contributed by atoms with Gasteiger partial charge in [0, 0.05) is 17.9 Å². The number of nitrogens with zero attached hydrogens (tertiary/aromatic N) is 5. The van der Waals surface area contributed by atoms with Gasteiger partial charge >= 0.3 is 5.97 Å². The van der Waals surface area contributed by atoms with Gasteiger partial charge in [0.15, 0.2) is 17.6 Å². The number of halogens is 1. The molecule has 3 rings (SSSR count). The number of hydrogen-bond acceptors (Lipinski definition) is 6. The lowest BCUT2D eigenvalue weighted by Crippen LogP contribution is -2.40. The number of pyridine rings is 1. The van der Waals surface area contributed by atoms with E-state index in [-0.39, 0.29) is 23.7 Å². The molecule has 1 amide bonds. The lowest BCUT2D eigenvalue weighted by molar-refractivity contribution is -0.126. The van der Waals surface area contributed by atoms with Crippen molar-refractivity contribution in [1.29, 1.82) is 5.26 Å². The zero-order valence-electron chi connectivity index (χ0n) is 17.9. The molecule has 0 radical (unpaired) electrons. The summed E-state index contributed by atoms with van der Waals surface area (Å²) in [5.74, 6) is -0.871. The van der Waals surface area contributed by atoms with Crippen molar-refractivity contribution in [3.63, 3.8) is 0 Å². The number of anilines is 1. The number of carbonyl (C=O) groups excluding carboxylic acids is 2. The van der Waals surface area contributed by atoms with Crippen LogP contribution in [0.25, 0.3) is 5.82 Å². The second-order valence-electron chi connectivity index (χ2n) is 7.12. The van der Waals surface area contributed by atoms with Gasteiger partial charge in [-0.1, -0.05) is 29.8 Å². The molecule has 3 aromatic rings. The van der Waals surface area contributed by atoms with Gasteiger partial charge in [-0.15, -0.1) is 0 Å². The maximum atomic E-state index is 13.0. The topological polar surface area (TPSA) is 101 Å². The summed E-state index contributed by atoms with van der Waals surface area (Å²) in [5.41, 5.74) is 2.15. The number of amides is 1. The highest BCUT2D eigenvalue weighted by Crippen LogP contribution is 2.20. The van der Waals surface area contributed by atoms with Crippen molar-refractivity contribution < 1.29 is 14.3 Å². The van der Waals surface area contributed by atoms with Crippen LogP contribution in [0.2, 0.25) is 5.02 Å². The van der Waals surface area contributed by atoms with Crippen molar-refractivity contribution in [2.45, 2.75) is 33.3 Å². The minimum absolute atomic E-state index is 0.101. The average molecular weight is 452 g/mol. The summed E-state index contributed by atoms with van der Waals surface area (Å²) < 4.78 is 6.99. The second-order valence-corrected chi connectivity index (χ2v) is 7.53. The average Bonchev–Trinajstić information content (AvgIpc) is 3.12. The third-order valence-electron chi connectivity index (χ3n) is 4.66. The first-order valence-electron chi connectivity index (χ1n) is 9.96. The predicted octanol–water partition coefficient (Wildman–Crippen LogP) is 4.03. The first kappa shape index (κ1) is 23.0. The smallest absolute Gasteiger partial charge is 0.359 e.